The molecule has 1 aliphatic rings. The van der Waals surface area contributed by atoms with Crippen molar-refractivity contribution in [1.82, 2.24) is 10.2 Å². The molecule has 1 aliphatic heterocycles. The zero-order valence-electron chi connectivity index (χ0n) is 29.4. The van der Waals surface area contributed by atoms with Crippen molar-refractivity contribution in [2.75, 3.05) is 19.6 Å². The number of nitrogens with zero attached hydrogens (tertiary/aromatic N) is 1. The van der Waals surface area contributed by atoms with E-state index in [-0.39, 0.29) is 42.4 Å². The molecular formula is C37H60BClN2O4. The van der Waals surface area contributed by atoms with E-state index in [1.807, 2.05) is 84.6 Å². The van der Waals surface area contributed by atoms with Crippen LogP contribution in [0.25, 0.3) is 0 Å². The highest BCUT2D eigenvalue weighted by molar-refractivity contribution is 6.41. The number of carbonyl (C=O) groups excluding carboxylic acids is 2. The summed E-state index contributed by atoms with van der Waals surface area (Å²) in [4.78, 5) is 28.6. The maximum absolute atomic E-state index is 14.1. The lowest BCUT2D eigenvalue weighted by atomic mass is 9.78. The SMILES string of the molecule is C/C=C\CCCC1=CCN(C(=O)C(/C(C)=C/C=C(/Cl)C(C)C)C(CC)c2ccc(C(=O)NCCB(O)O)cc2)CC1.CC.CC. The number of amides is 2. The molecular weight excluding hydrogens is 583 g/mol. The number of hydrogen-bond acceptors (Lipinski definition) is 4. The minimum atomic E-state index is -1.45. The first-order valence-corrected chi connectivity index (χ1v) is 17.3. The van der Waals surface area contributed by atoms with Crippen LogP contribution in [0, 0.1) is 11.8 Å². The Hall–Kier alpha value is -2.61. The molecule has 2 atom stereocenters. The van der Waals surface area contributed by atoms with Gasteiger partial charge in [-0.25, -0.2) is 0 Å². The van der Waals surface area contributed by atoms with Crippen LogP contribution in [-0.2, 0) is 4.79 Å². The molecule has 0 spiro atoms. The van der Waals surface area contributed by atoms with Crippen molar-refractivity contribution in [3.8, 4) is 0 Å². The predicted molar refractivity (Wildman–Crippen MR) is 193 cm³/mol. The van der Waals surface area contributed by atoms with Crippen molar-refractivity contribution in [1.29, 1.82) is 0 Å². The molecule has 0 radical (unpaired) electrons. The van der Waals surface area contributed by atoms with E-state index in [1.165, 1.54) is 5.57 Å². The summed E-state index contributed by atoms with van der Waals surface area (Å²) < 4.78 is 0. The Kier molecular flexibility index (Phi) is 23.2. The average molecular weight is 643 g/mol. The molecule has 0 saturated carbocycles. The quantitative estimate of drug-likeness (QED) is 0.0773. The standard InChI is InChI=1S/C33H48BClN2O4.2C2H6/c1-6-8-9-10-11-26-18-22-37(23-19-26)33(39)31(25(5)12-17-30(35)24(3)4)29(7-2)27-13-15-28(16-14-27)32(38)36-21-20-34(40)41;2*1-2/h6,8,12-18,24,29,31,40-41H,7,9-11,19-23H2,1-5H3,(H,36,38);2*1-2H3/b8-6-,25-12+,30-17+;;. The number of hydrogen-bond donors (Lipinski definition) is 3. The van der Waals surface area contributed by atoms with Crippen LogP contribution in [0.3, 0.4) is 0 Å². The van der Waals surface area contributed by atoms with E-state index in [0.717, 1.165) is 54.8 Å². The van der Waals surface area contributed by atoms with Gasteiger partial charge in [0.05, 0.1) is 5.92 Å². The minimum Gasteiger partial charge on any atom is -0.427 e. The highest BCUT2D eigenvalue weighted by Crippen LogP contribution is 2.36. The number of nitrogens with one attached hydrogen (secondary N) is 1. The highest BCUT2D eigenvalue weighted by atomic mass is 35.5. The van der Waals surface area contributed by atoms with Crippen LogP contribution >= 0.6 is 11.6 Å². The molecule has 0 saturated heterocycles. The third kappa shape index (κ3) is 15.5. The van der Waals surface area contributed by atoms with Crippen LogP contribution in [0.15, 0.2) is 70.8 Å². The summed E-state index contributed by atoms with van der Waals surface area (Å²) >= 11 is 6.44. The summed E-state index contributed by atoms with van der Waals surface area (Å²) in [6.45, 7) is 19.8. The molecule has 6 nitrogen and oxygen atoms in total. The smallest absolute Gasteiger partial charge is 0.427 e. The molecule has 1 aromatic carbocycles. The van der Waals surface area contributed by atoms with Crippen LogP contribution < -0.4 is 5.32 Å². The van der Waals surface area contributed by atoms with Crippen LogP contribution in [0.4, 0.5) is 0 Å². The number of benzene rings is 1. The van der Waals surface area contributed by atoms with Gasteiger partial charge in [0, 0.05) is 30.2 Å². The summed E-state index contributed by atoms with van der Waals surface area (Å²) in [5.74, 6) is -0.381. The minimum absolute atomic E-state index is 0.0653. The van der Waals surface area contributed by atoms with Crippen molar-refractivity contribution in [3.05, 3.63) is 82.0 Å². The van der Waals surface area contributed by atoms with Gasteiger partial charge in [-0.15, -0.1) is 0 Å². The summed E-state index contributed by atoms with van der Waals surface area (Å²) in [5.41, 5.74) is 3.88. The van der Waals surface area contributed by atoms with Gasteiger partial charge >= 0.3 is 7.12 Å². The van der Waals surface area contributed by atoms with E-state index in [9.17, 15) is 9.59 Å². The Morgan fingerprint density at radius 2 is 1.73 bits per heavy atom. The zero-order valence-corrected chi connectivity index (χ0v) is 30.2. The number of unbranched alkanes of at least 4 members (excludes halogenated alkanes) is 1. The fraction of sp³-hybridized carbons (Fsp3) is 0.568. The highest BCUT2D eigenvalue weighted by Gasteiger charge is 2.33. The lowest BCUT2D eigenvalue weighted by Gasteiger charge is -2.34. The Morgan fingerprint density at radius 1 is 1.09 bits per heavy atom. The fourth-order valence-corrected chi connectivity index (χ4v) is 5.17. The van der Waals surface area contributed by atoms with Crippen LogP contribution in [0.5, 0.6) is 0 Å². The van der Waals surface area contributed by atoms with E-state index in [0.29, 0.717) is 12.1 Å². The lowest BCUT2D eigenvalue weighted by molar-refractivity contribution is -0.134. The third-order valence-corrected chi connectivity index (χ3v) is 8.23. The van der Waals surface area contributed by atoms with Gasteiger partial charge in [0.2, 0.25) is 5.91 Å². The second kappa shape index (κ2) is 24.6. The van der Waals surface area contributed by atoms with Gasteiger partial charge in [-0.3, -0.25) is 9.59 Å². The molecule has 45 heavy (non-hydrogen) atoms. The Bertz CT molecular complexity index is 1110. The Balaban J connectivity index is 0.00000464. The summed E-state index contributed by atoms with van der Waals surface area (Å²) in [5, 5.41) is 21.5. The molecule has 0 aliphatic carbocycles. The molecule has 0 bridgehead atoms. The molecule has 1 aromatic rings. The van der Waals surface area contributed by atoms with Crippen molar-refractivity contribution in [3.63, 3.8) is 0 Å². The maximum atomic E-state index is 14.1. The van der Waals surface area contributed by atoms with E-state index in [2.05, 4.69) is 30.5 Å². The van der Waals surface area contributed by atoms with E-state index >= 15 is 0 Å². The summed E-state index contributed by atoms with van der Waals surface area (Å²) in [6.07, 6.45) is 15.4. The monoisotopic (exact) mass is 642 g/mol. The lowest BCUT2D eigenvalue weighted by Crippen LogP contribution is -2.41. The number of rotatable bonds is 15. The van der Waals surface area contributed by atoms with Gasteiger partial charge in [-0.2, -0.15) is 0 Å². The van der Waals surface area contributed by atoms with Gasteiger partial charge < -0.3 is 20.3 Å². The van der Waals surface area contributed by atoms with Gasteiger partial charge in [0.15, 0.2) is 0 Å². The van der Waals surface area contributed by atoms with Crippen molar-refractivity contribution < 1.29 is 19.6 Å². The molecule has 8 heteroatoms. The fourth-order valence-electron chi connectivity index (χ4n) is 5.10. The second-order valence-corrected chi connectivity index (χ2v) is 11.6. The van der Waals surface area contributed by atoms with Gasteiger partial charge in [-0.05, 0) is 87.9 Å². The summed E-state index contributed by atoms with van der Waals surface area (Å²) in [6, 6.07) is 7.38. The second-order valence-electron chi connectivity index (χ2n) is 11.1. The third-order valence-electron chi connectivity index (χ3n) is 7.66. The number of carbonyl (C=O) groups is 2. The van der Waals surface area contributed by atoms with Gasteiger partial charge in [0.25, 0.3) is 5.91 Å². The Morgan fingerprint density at radius 3 is 2.24 bits per heavy atom. The average Bonchev–Trinajstić information content (AvgIpc) is 3.06. The predicted octanol–water partition coefficient (Wildman–Crippen LogP) is 8.68. The zero-order chi connectivity index (χ0) is 34.4. The van der Waals surface area contributed by atoms with E-state index in [1.54, 1.807) is 12.1 Å². The topological polar surface area (TPSA) is 89.9 Å². The molecule has 3 N–H and O–H groups in total. The van der Waals surface area contributed by atoms with Crippen LogP contribution in [0.2, 0.25) is 6.32 Å². The normalized spacial score (nSPS) is 15.0. The van der Waals surface area contributed by atoms with Crippen molar-refractivity contribution >= 4 is 30.5 Å². The van der Waals surface area contributed by atoms with E-state index < -0.39 is 7.12 Å². The van der Waals surface area contributed by atoms with Gasteiger partial charge in [-0.1, -0.05) is 108 Å². The molecule has 1 heterocycles. The molecule has 0 fully saturated rings. The molecule has 2 amide bonds. The summed E-state index contributed by atoms with van der Waals surface area (Å²) in [7, 11) is -1.45. The van der Waals surface area contributed by atoms with Gasteiger partial charge in [0.1, 0.15) is 0 Å². The first-order chi connectivity index (χ1) is 21.6. The van der Waals surface area contributed by atoms with Crippen LogP contribution in [-0.4, -0.2) is 53.5 Å². The molecule has 2 unspecified atom stereocenters. The maximum Gasteiger partial charge on any atom is 0.453 e. The first kappa shape index (κ1) is 42.4. The first-order valence-electron chi connectivity index (χ1n) is 16.9. The molecule has 0 aromatic heterocycles. The van der Waals surface area contributed by atoms with Crippen molar-refractivity contribution in [2.24, 2.45) is 11.8 Å². The molecule has 252 valence electrons. The number of halogens is 1. The molecule has 2 rings (SSSR count). The number of allylic oxidation sites excluding steroid dienone is 5. The largest absolute Gasteiger partial charge is 0.453 e. The Labute approximate surface area is 279 Å². The van der Waals surface area contributed by atoms with Crippen molar-refractivity contribution in [2.45, 2.75) is 107 Å². The van der Waals surface area contributed by atoms with E-state index in [4.69, 9.17) is 21.6 Å². The van der Waals surface area contributed by atoms with Crippen LogP contribution in [0.1, 0.15) is 116 Å².